The van der Waals surface area contributed by atoms with E-state index in [9.17, 15) is 13.2 Å². The van der Waals surface area contributed by atoms with Crippen molar-refractivity contribution < 1.29 is 17.9 Å². The van der Waals surface area contributed by atoms with Crippen LogP contribution in [-0.2, 0) is 6.42 Å². The Labute approximate surface area is 97.4 Å². The first-order valence-corrected chi connectivity index (χ1v) is 5.70. The number of aromatic nitrogens is 2. The lowest BCUT2D eigenvalue weighted by Crippen LogP contribution is -2.26. The average Bonchev–Trinajstić information content (AvgIpc) is 2.91. The third kappa shape index (κ3) is 2.40. The van der Waals surface area contributed by atoms with Gasteiger partial charge in [-0.2, -0.15) is 18.3 Å². The molecule has 1 aromatic heterocycles. The number of aryl methyl sites for hydroxylation is 1. The molecule has 1 N–H and O–H groups in total. The molecule has 0 bridgehead atoms. The lowest BCUT2D eigenvalue weighted by atomic mass is 10.0. The quantitative estimate of drug-likeness (QED) is 0.869. The Morgan fingerprint density at radius 2 is 2.18 bits per heavy atom. The lowest BCUT2D eigenvalue weighted by molar-refractivity contribution is -0.190. The van der Waals surface area contributed by atoms with Crippen molar-refractivity contribution in [3.8, 4) is 5.88 Å². The van der Waals surface area contributed by atoms with Crippen LogP contribution < -0.4 is 4.74 Å². The number of H-pyrrole nitrogens is 1. The summed E-state index contributed by atoms with van der Waals surface area (Å²) in [6, 6.07) is 0. The Hall–Kier alpha value is -1.20. The first kappa shape index (κ1) is 12.3. The number of aromatic amines is 1. The van der Waals surface area contributed by atoms with Crippen LogP contribution in [0, 0.1) is 5.41 Å². The maximum absolute atomic E-state index is 12.6. The predicted molar refractivity (Wildman–Crippen MR) is 55.8 cm³/mol. The number of nitrogens with one attached hydrogen (secondary N) is 1. The first-order chi connectivity index (χ1) is 7.98. The molecule has 0 aromatic carbocycles. The van der Waals surface area contributed by atoms with Crippen LogP contribution in [0.15, 0.2) is 6.20 Å². The molecule has 1 aromatic rings. The van der Waals surface area contributed by atoms with Gasteiger partial charge in [0.1, 0.15) is 0 Å². The maximum atomic E-state index is 12.6. The van der Waals surface area contributed by atoms with Crippen LogP contribution in [0.1, 0.15) is 31.7 Å². The van der Waals surface area contributed by atoms with Gasteiger partial charge in [-0.1, -0.05) is 6.92 Å². The molecule has 1 aliphatic carbocycles. The van der Waals surface area contributed by atoms with Crippen molar-refractivity contribution in [2.75, 3.05) is 6.61 Å². The summed E-state index contributed by atoms with van der Waals surface area (Å²) in [5.74, 6) is 0.491. The van der Waals surface area contributed by atoms with Gasteiger partial charge in [0.05, 0.1) is 18.2 Å². The van der Waals surface area contributed by atoms with Gasteiger partial charge in [-0.05, 0) is 25.7 Å². The zero-order chi connectivity index (χ0) is 12.5. The molecule has 0 amide bonds. The van der Waals surface area contributed by atoms with Gasteiger partial charge >= 0.3 is 6.18 Å². The number of rotatable bonds is 5. The first-order valence-electron chi connectivity index (χ1n) is 5.70. The van der Waals surface area contributed by atoms with Crippen molar-refractivity contribution in [2.24, 2.45) is 5.41 Å². The van der Waals surface area contributed by atoms with Gasteiger partial charge in [0.25, 0.3) is 0 Å². The number of ether oxygens (including phenoxy) is 1. The second-order valence-corrected chi connectivity index (χ2v) is 4.45. The molecule has 0 aliphatic heterocycles. The van der Waals surface area contributed by atoms with E-state index >= 15 is 0 Å². The van der Waals surface area contributed by atoms with Gasteiger partial charge in [0.2, 0.25) is 5.88 Å². The Morgan fingerprint density at radius 1 is 1.47 bits per heavy atom. The number of nitrogens with zero attached hydrogens (tertiary/aromatic N) is 1. The largest absolute Gasteiger partial charge is 0.478 e. The van der Waals surface area contributed by atoms with E-state index in [1.165, 1.54) is 0 Å². The Balaban J connectivity index is 1.85. The molecule has 2 rings (SSSR count). The van der Waals surface area contributed by atoms with Crippen LogP contribution >= 0.6 is 0 Å². The van der Waals surface area contributed by atoms with Crippen molar-refractivity contribution >= 4 is 0 Å². The summed E-state index contributed by atoms with van der Waals surface area (Å²) in [5.41, 5.74) is -0.596. The fourth-order valence-corrected chi connectivity index (χ4v) is 1.85. The molecule has 1 saturated carbocycles. The predicted octanol–water partition coefficient (Wildman–Crippen LogP) is 3.08. The van der Waals surface area contributed by atoms with Crippen molar-refractivity contribution in [1.29, 1.82) is 0 Å². The van der Waals surface area contributed by atoms with E-state index in [4.69, 9.17) is 4.74 Å². The number of hydrogen-bond donors (Lipinski definition) is 1. The summed E-state index contributed by atoms with van der Waals surface area (Å²) in [4.78, 5) is 0. The minimum Gasteiger partial charge on any atom is -0.478 e. The van der Waals surface area contributed by atoms with E-state index in [2.05, 4.69) is 10.2 Å². The molecule has 1 aliphatic rings. The molecule has 0 unspecified atom stereocenters. The second-order valence-electron chi connectivity index (χ2n) is 4.45. The van der Waals surface area contributed by atoms with E-state index in [0.29, 0.717) is 5.88 Å². The molecule has 1 fully saturated rings. The van der Waals surface area contributed by atoms with Crippen LogP contribution in [-0.4, -0.2) is 23.0 Å². The molecule has 0 radical (unpaired) electrons. The summed E-state index contributed by atoms with van der Waals surface area (Å²) < 4.78 is 43.2. The van der Waals surface area contributed by atoms with Crippen LogP contribution in [0.4, 0.5) is 13.2 Å². The van der Waals surface area contributed by atoms with E-state index in [0.717, 1.165) is 12.0 Å². The molecule has 0 spiro atoms. The number of hydrogen-bond acceptors (Lipinski definition) is 2. The number of alkyl halides is 3. The third-order valence-electron chi connectivity index (χ3n) is 3.34. The van der Waals surface area contributed by atoms with Gasteiger partial charge in [-0.25, -0.2) is 5.10 Å². The van der Waals surface area contributed by atoms with Crippen molar-refractivity contribution in [3.05, 3.63) is 11.8 Å². The topological polar surface area (TPSA) is 37.9 Å². The third-order valence-corrected chi connectivity index (χ3v) is 3.34. The Kier molecular flexibility index (Phi) is 3.05. The average molecular weight is 248 g/mol. The van der Waals surface area contributed by atoms with Crippen LogP contribution in [0.25, 0.3) is 0 Å². The summed E-state index contributed by atoms with van der Waals surface area (Å²) in [5, 5.41) is 6.45. The molecule has 0 saturated heterocycles. The molecular formula is C11H15F3N2O. The molecule has 0 atom stereocenters. The monoisotopic (exact) mass is 248 g/mol. The molecule has 1 heterocycles. The van der Waals surface area contributed by atoms with E-state index in [1.54, 1.807) is 6.20 Å². The lowest BCUT2D eigenvalue weighted by Gasteiger charge is -2.18. The van der Waals surface area contributed by atoms with Gasteiger partial charge < -0.3 is 4.74 Å². The summed E-state index contributed by atoms with van der Waals surface area (Å²) in [6.07, 6.45) is -1.24. The normalized spacial score (nSPS) is 18.1. The summed E-state index contributed by atoms with van der Waals surface area (Å²) >= 11 is 0. The van der Waals surface area contributed by atoms with E-state index in [1.807, 2.05) is 6.92 Å². The molecular weight excluding hydrogens is 233 g/mol. The fraction of sp³-hybridized carbons (Fsp3) is 0.727. The van der Waals surface area contributed by atoms with Crippen molar-refractivity contribution in [1.82, 2.24) is 10.2 Å². The van der Waals surface area contributed by atoms with Gasteiger partial charge in [-0.15, -0.1) is 0 Å². The van der Waals surface area contributed by atoms with E-state index in [-0.39, 0.29) is 25.9 Å². The van der Waals surface area contributed by atoms with E-state index < -0.39 is 11.6 Å². The van der Waals surface area contributed by atoms with Gasteiger partial charge in [0, 0.05) is 5.56 Å². The highest BCUT2D eigenvalue weighted by molar-refractivity contribution is 5.22. The van der Waals surface area contributed by atoms with Crippen LogP contribution in [0.5, 0.6) is 5.88 Å². The molecule has 17 heavy (non-hydrogen) atoms. The highest BCUT2D eigenvalue weighted by Gasteiger charge is 2.62. The smallest absolute Gasteiger partial charge is 0.394 e. The Morgan fingerprint density at radius 3 is 2.71 bits per heavy atom. The van der Waals surface area contributed by atoms with Crippen molar-refractivity contribution in [3.63, 3.8) is 0 Å². The zero-order valence-corrected chi connectivity index (χ0v) is 9.60. The zero-order valence-electron chi connectivity index (χ0n) is 9.60. The highest BCUT2D eigenvalue weighted by atomic mass is 19.4. The van der Waals surface area contributed by atoms with Crippen LogP contribution in [0.2, 0.25) is 0 Å². The van der Waals surface area contributed by atoms with Crippen molar-refractivity contribution in [2.45, 2.75) is 38.8 Å². The summed E-state index contributed by atoms with van der Waals surface area (Å²) in [6.45, 7) is 2.02. The minimum atomic E-state index is -4.10. The molecule has 6 heteroatoms. The second kappa shape index (κ2) is 4.23. The van der Waals surface area contributed by atoms with Gasteiger partial charge in [0.15, 0.2) is 0 Å². The molecule has 3 nitrogen and oxygen atoms in total. The number of halogens is 3. The molecule has 96 valence electrons. The fourth-order valence-electron chi connectivity index (χ4n) is 1.85. The SMILES string of the molecule is CCc1cn[nH]c1OCCC1(C(F)(F)F)CC1. The Bertz CT molecular complexity index is 382. The standard InChI is InChI=1S/C11H15F3N2O/c1-2-8-7-15-16-9(8)17-6-5-10(3-4-10)11(12,13)14/h7H,2-6H2,1H3,(H,15,16). The van der Waals surface area contributed by atoms with Gasteiger partial charge in [-0.3, -0.25) is 0 Å². The minimum absolute atomic E-state index is 0.0265. The van der Waals surface area contributed by atoms with Crippen LogP contribution in [0.3, 0.4) is 0 Å². The summed E-state index contributed by atoms with van der Waals surface area (Å²) in [7, 11) is 0. The highest BCUT2D eigenvalue weighted by Crippen LogP contribution is 2.59. The maximum Gasteiger partial charge on any atom is 0.394 e.